The fraction of sp³-hybridized carbons (Fsp3) is 0.632. The van der Waals surface area contributed by atoms with Gasteiger partial charge in [0, 0.05) is 33.1 Å². The molecule has 2 aliphatic heterocycles. The fourth-order valence-corrected chi connectivity index (χ4v) is 3.67. The first-order valence-electron chi connectivity index (χ1n) is 9.00. The average molecular weight is 459 g/mol. The number of fused-ring (bicyclic) bond motifs is 1. The van der Waals surface area contributed by atoms with Crippen LogP contribution in [0.25, 0.3) is 0 Å². The highest BCUT2D eigenvalue weighted by atomic mass is 127. The van der Waals surface area contributed by atoms with Crippen LogP contribution in [0.5, 0.6) is 11.5 Å². The fourth-order valence-electron chi connectivity index (χ4n) is 3.67. The van der Waals surface area contributed by atoms with Crippen LogP contribution in [0.3, 0.4) is 0 Å². The molecule has 5 nitrogen and oxygen atoms in total. The molecule has 0 spiro atoms. The van der Waals surface area contributed by atoms with E-state index in [2.05, 4.69) is 41.2 Å². The monoisotopic (exact) mass is 459 g/mol. The summed E-state index contributed by atoms with van der Waals surface area (Å²) in [4.78, 5) is 6.85. The minimum absolute atomic E-state index is 0. The molecule has 2 heterocycles. The molecular formula is C19H30IN3O2. The normalized spacial score (nSPS) is 23.5. The number of rotatable bonds is 2. The minimum Gasteiger partial charge on any atom is -0.490 e. The SMILES string of the molecule is CN=C(NCc1ccc2c(c1)OCCCO2)N1CC(C)CC(C)C1.I. The van der Waals surface area contributed by atoms with Crippen molar-refractivity contribution in [3.63, 3.8) is 0 Å². The quantitative estimate of drug-likeness (QED) is 0.418. The molecule has 0 bridgehead atoms. The molecule has 0 amide bonds. The first-order chi connectivity index (χ1) is 11.7. The van der Waals surface area contributed by atoms with Crippen LogP contribution in [0, 0.1) is 11.8 Å². The van der Waals surface area contributed by atoms with Gasteiger partial charge in [0.15, 0.2) is 17.5 Å². The van der Waals surface area contributed by atoms with Crippen LogP contribution >= 0.6 is 24.0 Å². The molecule has 1 fully saturated rings. The Morgan fingerprint density at radius 3 is 2.52 bits per heavy atom. The van der Waals surface area contributed by atoms with Gasteiger partial charge in [-0.15, -0.1) is 24.0 Å². The second kappa shape index (κ2) is 9.50. The van der Waals surface area contributed by atoms with E-state index < -0.39 is 0 Å². The average Bonchev–Trinajstić information content (AvgIpc) is 2.79. The summed E-state index contributed by atoms with van der Waals surface area (Å²) in [5.74, 6) is 4.11. The van der Waals surface area contributed by atoms with Crippen LogP contribution in [0.15, 0.2) is 23.2 Å². The van der Waals surface area contributed by atoms with Gasteiger partial charge < -0.3 is 19.7 Å². The smallest absolute Gasteiger partial charge is 0.193 e. The Hall–Kier alpha value is -1.18. The summed E-state index contributed by atoms with van der Waals surface area (Å²) in [6.07, 6.45) is 2.23. The summed E-state index contributed by atoms with van der Waals surface area (Å²) in [6, 6.07) is 6.17. The van der Waals surface area contributed by atoms with Crippen LogP contribution in [-0.4, -0.2) is 44.2 Å². The number of guanidine groups is 1. The lowest BCUT2D eigenvalue weighted by Gasteiger charge is -2.37. The van der Waals surface area contributed by atoms with Gasteiger partial charge in [0.05, 0.1) is 13.2 Å². The number of benzene rings is 1. The number of ether oxygens (including phenoxy) is 2. The van der Waals surface area contributed by atoms with Crippen molar-refractivity contribution in [1.82, 2.24) is 10.2 Å². The van der Waals surface area contributed by atoms with Gasteiger partial charge in [0.25, 0.3) is 0 Å². The first-order valence-corrected chi connectivity index (χ1v) is 9.00. The number of hydrogen-bond donors (Lipinski definition) is 1. The predicted octanol–water partition coefficient (Wildman–Crippen LogP) is 3.52. The molecule has 1 saturated heterocycles. The molecule has 140 valence electrons. The van der Waals surface area contributed by atoms with Crippen molar-refractivity contribution in [3.05, 3.63) is 23.8 Å². The summed E-state index contributed by atoms with van der Waals surface area (Å²) in [7, 11) is 1.86. The summed E-state index contributed by atoms with van der Waals surface area (Å²) >= 11 is 0. The van der Waals surface area contributed by atoms with Gasteiger partial charge in [-0.05, 0) is 36.0 Å². The molecule has 2 unspecified atom stereocenters. The van der Waals surface area contributed by atoms with Gasteiger partial charge in [-0.1, -0.05) is 19.9 Å². The highest BCUT2D eigenvalue weighted by molar-refractivity contribution is 14.0. The van der Waals surface area contributed by atoms with Crippen molar-refractivity contribution in [2.75, 3.05) is 33.4 Å². The topological polar surface area (TPSA) is 46.1 Å². The lowest BCUT2D eigenvalue weighted by molar-refractivity contribution is 0.208. The van der Waals surface area contributed by atoms with E-state index >= 15 is 0 Å². The highest BCUT2D eigenvalue weighted by Crippen LogP contribution is 2.30. The van der Waals surface area contributed by atoms with Crippen molar-refractivity contribution < 1.29 is 9.47 Å². The Balaban J connectivity index is 0.00000225. The molecule has 0 radical (unpaired) electrons. The molecule has 1 aromatic carbocycles. The van der Waals surface area contributed by atoms with E-state index in [0.717, 1.165) is 56.7 Å². The zero-order valence-electron chi connectivity index (χ0n) is 15.5. The third-order valence-electron chi connectivity index (χ3n) is 4.64. The second-order valence-corrected chi connectivity index (χ2v) is 7.08. The van der Waals surface area contributed by atoms with Crippen molar-refractivity contribution in [1.29, 1.82) is 0 Å². The van der Waals surface area contributed by atoms with Gasteiger partial charge in [-0.25, -0.2) is 0 Å². The van der Waals surface area contributed by atoms with Crippen molar-refractivity contribution in [2.24, 2.45) is 16.8 Å². The Labute approximate surface area is 168 Å². The first kappa shape index (κ1) is 20.1. The van der Waals surface area contributed by atoms with Crippen LogP contribution in [-0.2, 0) is 6.54 Å². The molecular weight excluding hydrogens is 429 g/mol. The second-order valence-electron chi connectivity index (χ2n) is 7.08. The maximum atomic E-state index is 5.77. The maximum absolute atomic E-state index is 5.77. The summed E-state index contributed by atoms with van der Waals surface area (Å²) in [5.41, 5.74) is 1.18. The van der Waals surface area contributed by atoms with Gasteiger partial charge in [0.1, 0.15) is 0 Å². The van der Waals surface area contributed by atoms with E-state index in [9.17, 15) is 0 Å². The Kier molecular flexibility index (Phi) is 7.65. The number of hydrogen-bond acceptors (Lipinski definition) is 3. The predicted molar refractivity (Wildman–Crippen MR) is 112 cm³/mol. The standard InChI is InChI=1S/C19H29N3O2.HI/c1-14-9-15(2)13-22(12-14)19(20-3)21-11-16-5-6-17-18(10-16)24-8-4-7-23-17;/h5-6,10,14-15H,4,7-9,11-13H2,1-3H3,(H,20,21);1H. The number of aliphatic imine (C=N–C) groups is 1. The highest BCUT2D eigenvalue weighted by Gasteiger charge is 2.24. The summed E-state index contributed by atoms with van der Waals surface area (Å²) in [5, 5.41) is 3.50. The largest absolute Gasteiger partial charge is 0.490 e. The third kappa shape index (κ3) is 5.39. The van der Waals surface area contributed by atoms with Gasteiger partial charge in [0.2, 0.25) is 0 Å². The number of nitrogens with zero attached hydrogens (tertiary/aromatic N) is 2. The van der Waals surface area contributed by atoms with E-state index in [1.807, 2.05) is 13.1 Å². The summed E-state index contributed by atoms with van der Waals surface area (Å²) < 4.78 is 11.5. The molecule has 3 rings (SSSR count). The molecule has 0 aromatic heterocycles. The van der Waals surface area contributed by atoms with Crippen molar-refractivity contribution in [2.45, 2.75) is 33.2 Å². The molecule has 0 saturated carbocycles. The van der Waals surface area contributed by atoms with Crippen LogP contribution < -0.4 is 14.8 Å². The van der Waals surface area contributed by atoms with Crippen molar-refractivity contribution >= 4 is 29.9 Å². The molecule has 1 N–H and O–H groups in total. The third-order valence-corrected chi connectivity index (χ3v) is 4.64. The Morgan fingerprint density at radius 1 is 1.16 bits per heavy atom. The number of nitrogens with one attached hydrogen (secondary N) is 1. The van der Waals surface area contributed by atoms with Gasteiger partial charge in [-0.3, -0.25) is 4.99 Å². The molecule has 1 aromatic rings. The van der Waals surface area contributed by atoms with Crippen LogP contribution in [0.4, 0.5) is 0 Å². The van der Waals surface area contributed by atoms with E-state index in [1.165, 1.54) is 12.0 Å². The van der Waals surface area contributed by atoms with Crippen LogP contribution in [0.2, 0.25) is 0 Å². The lowest BCUT2D eigenvalue weighted by Crippen LogP contribution is -2.48. The number of halogens is 1. The van der Waals surface area contributed by atoms with Gasteiger partial charge >= 0.3 is 0 Å². The van der Waals surface area contributed by atoms with Crippen LogP contribution in [0.1, 0.15) is 32.3 Å². The Morgan fingerprint density at radius 2 is 1.84 bits per heavy atom. The van der Waals surface area contributed by atoms with E-state index in [4.69, 9.17) is 9.47 Å². The number of likely N-dealkylation sites (tertiary alicyclic amines) is 1. The zero-order chi connectivity index (χ0) is 16.9. The van der Waals surface area contributed by atoms with E-state index in [0.29, 0.717) is 11.8 Å². The number of piperidine rings is 1. The maximum Gasteiger partial charge on any atom is 0.193 e. The molecule has 2 atom stereocenters. The summed E-state index contributed by atoms with van der Waals surface area (Å²) in [6.45, 7) is 8.97. The van der Waals surface area contributed by atoms with E-state index in [1.54, 1.807) is 0 Å². The van der Waals surface area contributed by atoms with Gasteiger partial charge in [-0.2, -0.15) is 0 Å². The molecule has 25 heavy (non-hydrogen) atoms. The van der Waals surface area contributed by atoms with Crippen molar-refractivity contribution in [3.8, 4) is 11.5 Å². The molecule has 2 aliphatic rings. The minimum atomic E-state index is 0. The molecule has 0 aliphatic carbocycles. The lowest BCUT2D eigenvalue weighted by atomic mass is 9.92. The van der Waals surface area contributed by atoms with E-state index in [-0.39, 0.29) is 24.0 Å². The molecule has 6 heteroatoms. The zero-order valence-corrected chi connectivity index (χ0v) is 17.8. The Bertz CT molecular complexity index is 584.